The van der Waals surface area contributed by atoms with E-state index in [0.29, 0.717) is 37.0 Å². The van der Waals surface area contributed by atoms with E-state index in [1.54, 1.807) is 19.1 Å². The van der Waals surface area contributed by atoms with Crippen molar-refractivity contribution in [1.29, 1.82) is 0 Å². The number of allylic oxidation sites excluding steroid dienone is 5. The minimum Gasteiger partial charge on any atom is -0.340 e. The fraction of sp³-hybridized carbons (Fsp3) is 0.500. The molecule has 0 aromatic heterocycles. The van der Waals surface area contributed by atoms with Crippen molar-refractivity contribution >= 4 is 11.8 Å². The van der Waals surface area contributed by atoms with Crippen LogP contribution in [0.5, 0.6) is 0 Å². The molecule has 1 saturated heterocycles. The highest BCUT2D eigenvalue weighted by atomic mass is 19.1. The predicted octanol–water partition coefficient (Wildman–Crippen LogP) is 3.83. The minimum absolute atomic E-state index is 0.0582. The van der Waals surface area contributed by atoms with Crippen molar-refractivity contribution in [3.8, 4) is 0 Å². The second-order valence-electron chi connectivity index (χ2n) is 9.55. The Kier molecular flexibility index (Phi) is 10.8. The molecule has 196 valence electrons. The van der Waals surface area contributed by atoms with Gasteiger partial charge in [0, 0.05) is 37.8 Å². The van der Waals surface area contributed by atoms with Crippen LogP contribution in [-0.4, -0.2) is 73.5 Å². The Hall–Kier alpha value is -2.84. The van der Waals surface area contributed by atoms with Gasteiger partial charge >= 0.3 is 0 Å². The molecule has 1 saturated carbocycles. The third-order valence-electron chi connectivity index (χ3n) is 6.63. The van der Waals surface area contributed by atoms with Crippen LogP contribution in [0.4, 0.5) is 8.78 Å². The lowest BCUT2D eigenvalue weighted by Crippen LogP contribution is -2.54. The molecule has 0 unspecified atom stereocenters. The van der Waals surface area contributed by atoms with E-state index >= 15 is 0 Å². The van der Waals surface area contributed by atoms with Gasteiger partial charge in [-0.05, 0) is 88.5 Å². The molecule has 3 rings (SSSR count). The topological polar surface area (TPSA) is 64.7 Å². The number of rotatable bonds is 12. The monoisotopic (exact) mass is 500 g/mol. The second-order valence-corrected chi connectivity index (χ2v) is 9.55. The summed E-state index contributed by atoms with van der Waals surface area (Å²) in [5, 5.41) is 6.39. The first-order valence-corrected chi connectivity index (χ1v) is 12.8. The summed E-state index contributed by atoms with van der Waals surface area (Å²) in [7, 11) is 2.03. The number of unbranched alkanes of at least 4 members (excludes halogenated alkanes) is 1. The summed E-state index contributed by atoms with van der Waals surface area (Å²) in [6.07, 6.45) is 11.6. The molecular weight excluding hydrogens is 462 g/mol. The zero-order chi connectivity index (χ0) is 25.9. The predicted molar refractivity (Wildman–Crippen MR) is 139 cm³/mol. The summed E-state index contributed by atoms with van der Waals surface area (Å²) < 4.78 is 26.6. The SMILES string of the molecule is C\C=C/C(F)=C\C=C\[C@@H]1C[C@H]1NCCCC[C@H](NC(=O)c1ccc(F)cc1)C(=O)N1CCN(C)CC1. The van der Waals surface area contributed by atoms with Gasteiger partial charge in [-0.1, -0.05) is 18.2 Å². The fourth-order valence-corrected chi connectivity index (χ4v) is 4.28. The lowest BCUT2D eigenvalue weighted by atomic mass is 10.1. The number of nitrogens with one attached hydrogen (secondary N) is 2. The van der Waals surface area contributed by atoms with Crippen LogP contribution in [0.25, 0.3) is 0 Å². The number of piperazine rings is 1. The van der Waals surface area contributed by atoms with Crippen LogP contribution in [0.2, 0.25) is 0 Å². The third kappa shape index (κ3) is 8.99. The van der Waals surface area contributed by atoms with Crippen molar-refractivity contribution in [2.24, 2.45) is 5.92 Å². The molecule has 2 amide bonds. The van der Waals surface area contributed by atoms with Crippen LogP contribution in [0.15, 0.2) is 60.5 Å². The molecule has 1 aliphatic carbocycles. The lowest BCUT2D eigenvalue weighted by molar-refractivity contribution is -0.135. The van der Waals surface area contributed by atoms with Gasteiger partial charge in [-0.25, -0.2) is 8.78 Å². The number of likely N-dealkylation sites (N-methyl/N-ethyl adjacent to an activating group) is 1. The quantitative estimate of drug-likeness (QED) is 0.338. The van der Waals surface area contributed by atoms with E-state index in [9.17, 15) is 18.4 Å². The van der Waals surface area contributed by atoms with Gasteiger partial charge < -0.3 is 20.4 Å². The average Bonchev–Trinajstić information content (AvgIpc) is 3.61. The van der Waals surface area contributed by atoms with Crippen molar-refractivity contribution in [2.45, 2.75) is 44.7 Å². The van der Waals surface area contributed by atoms with Crippen molar-refractivity contribution in [3.05, 3.63) is 71.9 Å². The Balaban J connectivity index is 1.45. The molecule has 2 N–H and O–H groups in total. The van der Waals surface area contributed by atoms with Gasteiger partial charge in [-0.15, -0.1) is 0 Å². The Morgan fingerprint density at radius 3 is 2.56 bits per heavy atom. The summed E-state index contributed by atoms with van der Waals surface area (Å²) in [5.74, 6) is -0.674. The molecule has 36 heavy (non-hydrogen) atoms. The number of carbonyl (C=O) groups excluding carboxylic acids is 2. The van der Waals surface area contributed by atoms with Gasteiger partial charge in [0.1, 0.15) is 17.7 Å². The molecule has 2 aliphatic rings. The van der Waals surface area contributed by atoms with E-state index in [-0.39, 0.29) is 17.6 Å². The van der Waals surface area contributed by atoms with Crippen LogP contribution >= 0.6 is 0 Å². The Morgan fingerprint density at radius 1 is 1.14 bits per heavy atom. The van der Waals surface area contributed by atoms with Crippen molar-refractivity contribution in [1.82, 2.24) is 20.4 Å². The average molecular weight is 501 g/mol. The molecule has 3 atom stereocenters. The van der Waals surface area contributed by atoms with E-state index in [4.69, 9.17) is 0 Å². The Morgan fingerprint density at radius 2 is 1.86 bits per heavy atom. The summed E-state index contributed by atoms with van der Waals surface area (Å²) in [6.45, 7) is 5.50. The van der Waals surface area contributed by atoms with Crippen LogP contribution in [0, 0.1) is 11.7 Å². The molecular formula is C28H38F2N4O2. The van der Waals surface area contributed by atoms with Crippen LogP contribution in [-0.2, 0) is 4.79 Å². The zero-order valence-corrected chi connectivity index (χ0v) is 21.3. The lowest BCUT2D eigenvalue weighted by Gasteiger charge is -2.34. The van der Waals surface area contributed by atoms with Crippen LogP contribution in [0.1, 0.15) is 43.0 Å². The maximum absolute atomic E-state index is 13.3. The zero-order valence-electron chi connectivity index (χ0n) is 21.3. The third-order valence-corrected chi connectivity index (χ3v) is 6.63. The fourth-order valence-electron chi connectivity index (χ4n) is 4.28. The highest BCUT2D eigenvalue weighted by molar-refractivity contribution is 5.97. The smallest absolute Gasteiger partial charge is 0.251 e. The van der Waals surface area contributed by atoms with E-state index < -0.39 is 11.9 Å². The Labute approximate surface area is 213 Å². The van der Waals surface area contributed by atoms with Crippen LogP contribution in [0.3, 0.4) is 0 Å². The first kappa shape index (κ1) is 27.7. The van der Waals surface area contributed by atoms with Gasteiger partial charge in [0.2, 0.25) is 5.91 Å². The maximum atomic E-state index is 13.3. The first-order chi connectivity index (χ1) is 17.4. The number of halogens is 2. The van der Waals surface area contributed by atoms with Crippen molar-refractivity contribution in [3.63, 3.8) is 0 Å². The van der Waals surface area contributed by atoms with E-state index in [1.807, 2.05) is 18.0 Å². The highest BCUT2D eigenvalue weighted by Crippen LogP contribution is 2.31. The minimum atomic E-state index is -0.610. The largest absolute Gasteiger partial charge is 0.340 e. The number of amides is 2. The summed E-state index contributed by atoms with van der Waals surface area (Å²) in [6, 6.07) is 5.14. The van der Waals surface area contributed by atoms with Crippen molar-refractivity contribution in [2.75, 3.05) is 39.8 Å². The number of benzene rings is 1. The van der Waals surface area contributed by atoms with Gasteiger partial charge in [0.25, 0.3) is 5.91 Å². The number of hydrogen-bond acceptors (Lipinski definition) is 4. The molecule has 8 heteroatoms. The maximum Gasteiger partial charge on any atom is 0.251 e. The molecule has 1 heterocycles. The molecule has 2 fully saturated rings. The molecule has 0 radical (unpaired) electrons. The molecule has 0 spiro atoms. The number of hydrogen-bond donors (Lipinski definition) is 2. The summed E-state index contributed by atoms with van der Waals surface area (Å²) in [4.78, 5) is 29.9. The molecule has 0 bridgehead atoms. The summed E-state index contributed by atoms with van der Waals surface area (Å²) in [5.41, 5.74) is 0.336. The van der Waals surface area contributed by atoms with Gasteiger partial charge in [-0.2, -0.15) is 0 Å². The normalized spacial score (nSPS) is 21.8. The number of nitrogens with zero attached hydrogens (tertiary/aromatic N) is 2. The molecule has 1 aromatic rings. The molecule has 1 aromatic carbocycles. The first-order valence-electron chi connectivity index (χ1n) is 12.8. The van der Waals surface area contributed by atoms with Crippen molar-refractivity contribution < 1.29 is 18.4 Å². The summed E-state index contributed by atoms with van der Waals surface area (Å²) >= 11 is 0. The number of carbonyl (C=O) groups is 2. The highest BCUT2D eigenvalue weighted by Gasteiger charge is 2.34. The van der Waals surface area contributed by atoms with Gasteiger partial charge in [0.15, 0.2) is 0 Å². The van der Waals surface area contributed by atoms with E-state index in [1.165, 1.54) is 36.4 Å². The second kappa shape index (κ2) is 14.0. The van der Waals surface area contributed by atoms with Gasteiger partial charge in [-0.3, -0.25) is 9.59 Å². The Bertz CT molecular complexity index is 953. The molecule has 1 aliphatic heterocycles. The van der Waals surface area contributed by atoms with E-state index in [2.05, 4.69) is 15.5 Å². The van der Waals surface area contributed by atoms with E-state index in [0.717, 1.165) is 38.9 Å². The standard InChI is InChI=1S/C28H38F2N4O2/c1-3-7-23(29)9-6-8-22-20-26(22)31-15-5-4-10-25(28(36)34-18-16-33(2)17-19-34)32-27(35)21-11-13-24(30)14-12-21/h3,6-9,11-14,22,25-26,31H,4-5,10,15-20H2,1-2H3,(H,32,35)/b7-3-,8-6+,23-9+/t22-,25+,26-/m1/s1. The molecule has 6 nitrogen and oxygen atoms in total. The van der Waals surface area contributed by atoms with Crippen LogP contribution < -0.4 is 10.6 Å². The van der Waals surface area contributed by atoms with Gasteiger partial charge in [0.05, 0.1) is 0 Å².